The molecule has 0 amide bonds. The van der Waals surface area contributed by atoms with Gasteiger partial charge in [-0.3, -0.25) is 0 Å². The SMILES string of the molecule is CN1CCC(N(C)c2ncnc(Nc3ccccc3Cl)c2N)CC1. The maximum absolute atomic E-state index is 6.33. The molecule has 24 heavy (non-hydrogen) atoms. The Morgan fingerprint density at radius 2 is 1.96 bits per heavy atom. The van der Waals surface area contributed by atoms with Gasteiger partial charge < -0.3 is 20.9 Å². The minimum absolute atomic E-state index is 0.437. The molecule has 1 aromatic carbocycles. The minimum Gasteiger partial charge on any atom is -0.393 e. The fraction of sp³-hybridized carbons (Fsp3) is 0.412. The molecule has 128 valence electrons. The second-order valence-corrected chi connectivity index (χ2v) is 6.62. The summed E-state index contributed by atoms with van der Waals surface area (Å²) in [7, 11) is 4.20. The Kier molecular flexibility index (Phi) is 5.06. The van der Waals surface area contributed by atoms with Crippen molar-refractivity contribution >= 4 is 34.6 Å². The summed E-state index contributed by atoms with van der Waals surface area (Å²) in [5.74, 6) is 1.34. The highest BCUT2D eigenvalue weighted by Gasteiger charge is 2.23. The molecule has 0 aliphatic carbocycles. The number of hydrogen-bond acceptors (Lipinski definition) is 6. The molecule has 7 heteroatoms. The second-order valence-electron chi connectivity index (χ2n) is 6.21. The van der Waals surface area contributed by atoms with Crippen LogP contribution in [-0.4, -0.2) is 48.1 Å². The maximum atomic E-state index is 6.33. The fourth-order valence-corrected chi connectivity index (χ4v) is 3.20. The first-order valence-electron chi connectivity index (χ1n) is 8.09. The molecule has 2 aromatic rings. The summed E-state index contributed by atoms with van der Waals surface area (Å²) in [6, 6.07) is 7.95. The predicted octanol–water partition coefficient (Wildman–Crippen LogP) is 2.99. The molecule has 0 spiro atoms. The van der Waals surface area contributed by atoms with Gasteiger partial charge in [-0.05, 0) is 45.1 Å². The van der Waals surface area contributed by atoms with E-state index in [1.807, 2.05) is 31.3 Å². The summed E-state index contributed by atoms with van der Waals surface area (Å²) in [6.45, 7) is 2.18. The third-order valence-electron chi connectivity index (χ3n) is 4.56. The van der Waals surface area contributed by atoms with Crippen molar-refractivity contribution in [2.45, 2.75) is 18.9 Å². The molecule has 0 radical (unpaired) electrons. The fourth-order valence-electron chi connectivity index (χ4n) is 3.01. The van der Waals surface area contributed by atoms with Gasteiger partial charge in [0.25, 0.3) is 0 Å². The summed E-state index contributed by atoms with van der Waals surface area (Å²) in [4.78, 5) is 13.2. The zero-order valence-corrected chi connectivity index (χ0v) is 14.8. The number of nitrogen functional groups attached to an aromatic ring is 1. The highest BCUT2D eigenvalue weighted by atomic mass is 35.5. The van der Waals surface area contributed by atoms with E-state index in [0.717, 1.165) is 37.4 Å². The summed E-state index contributed by atoms with van der Waals surface area (Å²) in [5.41, 5.74) is 7.65. The van der Waals surface area contributed by atoms with Crippen LogP contribution in [0.2, 0.25) is 5.02 Å². The highest BCUT2D eigenvalue weighted by Crippen LogP contribution is 2.32. The van der Waals surface area contributed by atoms with Crippen molar-refractivity contribution in [3.63, 3.8) is 0 Å². The zero-order chi connectivity index (χ0) is 17.1. The van der Waals surface area contributed by atoms with Gasteiger partial charge in [0.15, 0.2) is 11.6 Å². The first kappa shape index (κ1) is 16.8. The predicted molar refractivity (Wildman–Crippen MR) is 100 cm³/mol. The van der Waals surface area contributed by atoms with E-state index in [1.165, 1.54) is 6.33 Å². The molecule has 1 fully saturated rings. The third-order valence-corrected chi connectivity index (χ3v) is 4.89. The van der Waals surface area contributed by atoms with Crippen LogP contribution in [0, 0.1) is 0 Å². The van der Waals surface area contributed by atoms with Crippen molar-refractivity contribution in [1.29, 1.82) is 0 Å². The summed E-state index contributed by atoms with van der Waals surface area (Å²) in [5, 5.41) is 3.83. The van der Waals surface area contributed by atoms with Crippen LogP contribution in [0.1, 0.15) is 12.8 Å². The van der Waals surface area contributed by atoms with Crippen molar-refractivity contribution in [2.75, 3.05) is 43.1 Å². The zero-order valence-electron chi connectivity index (χ0n) is 14.0. The first-order valence-corrected chi connectivity index (χ1v) is 8.47. The number of para-hydroxylation sites is 1. The average Bonchev–Trinajstić information content (AvgIpc) is 2.59. The van der Waals surface area contributed by atoms with Gasteiger partial charge in [-0.1, -0.05) is 23.7 Å². The Labute approximate surface area is 147 Å². The van der Waals surface area contributed by atoms with Gasteiger partial charge in [0.2, 0.25) is 0 Å². The quantitative estimate of drug-likeness (QED) is 0.886. The van der Waals surface area contributed by atoms with Crippen molar-refractivity contribution in [3.8, 4) is 0 Å². The van der Waals surface area contributed by atoms with Crippen molar-refractivity contribution in [2.24, 2.45) is 0 Å². The van der Waals surface area contributed by atoms with Crippen molar-refractivity contribution in [1.82, 2.24) is 14.9 Å². The first-order chi connectivity index (χ1) is 11.6. The van der Waals surface area contributed by atoms with E-state index < -0.39 is 0 Å². The summed E-state index contributed by atoms with van der Waals surface area (Å²) < 4.78 is 0. The largest absolute Gasteiger partial charge is 0.393 e. The van der Waals surface area contributed by atoms with Gasteiger partial charge >= 0.3 is 0 Å². The van der Waals surface area contributed by atoms with Crippen LogP contribution in [-0.2, 0) is 0 Å². The number of piperidine rings is 1. The standard InChI is InChI=1S/C17H23ClN6/c1-23-9-7-12(8-10-23)24(2)17-15(19)16(20-11-21-17)22-14-6-4-3-5-13(14)18/h3-6,11-12H,7-10,19H2,1-2H3,(H,20,21,22). The number of nitrogens with one attached hydrogen (secondary N) is 1. The van der Waals surface area contributed by atoms with E-state index in [4.69, 9.17) is 17.3 Å². The van der Waals surface area contributed by atoms with Gasteiger partial charge in [0.1, 0.15) is 12.0 Å². The molecule has 6 nitrogen and oxygen atoms in total. The molecule has 0 saturated carbocycles. The van der Waals surface area contributed by atoms with E-state index in [9.17, 15) is 0 Å². The van der Waals surface area contributed by atoms with E-state index in [0.29, 0.717) is 22.6 Å². The lowest BCUT2D eigenvalue weighted by Gasteiger charge is -2.36. The lowest BCUT2D eigenvalue weighted by molar-refractivity contribution is 0.252. The number of hydrogen-bond donors (Lipinski definition) is 2. The van der Waals surface area contributed by atoms with Gasteiger partial charge in [-0.15, -0.1) is 0 Å². The van der Waals surface area contributed by atoms with Crippen LogP contribution >= 0.6 is 11.6 Å². The van der Waals surface area contributed by atoms with E-state index in [-0.39, 0.29) is 0 Å². The molecule has 2 heterocycles. The number of likely N-dealkylation sites (tertiary alicyclic amines) is 1. The van der Waals surface area contributed by atoms with Gasteiger partial charge in [0.05, 0.1) is 10.7 Å². The smallest absolute Gasteiger partial charge is 0.159 e. The van der Waals surface area contributed by atoms with Gasteiger partial charge in [0, 0.05) is 13.1 Å². The second kappa shape index (κ2) is 7.23. The molecule has 1 aliphatic heterocycles. The normalized spacial score (nSPS) is 16.1. The third kappa shape index (κ3) is 3.55. The Balaban J connectivity index is 1.81. The Morgan fingerprint density at radius 3 is 2.67 bits per heavy atom. The Hall–Kier alpha value is -2.05. The Bertz CT molecular complexity index is 699. The van der Waals surface area contributed by atoms with E-state index >= 15 is 0 Å². The number of nitrogens with zero attached hydrogens (tertiary/aromatic N) is 4. The average molecular weight is 347 g/mol. The van der Waals surface area contributed by atoms with Crippen molar-refractivity contribution in [3.05, 3.63) is 35.6 Å². The van der Waals surface area contributed by atoms with E-state index in [2.05, 4.69) is 32.1 Å². The molecule has 3 rings (SSSR count). The number of anilines is 4. The summed E-state index contributed by atoms with van der Waals surface area (Å²) >= 11 is 6.20. The van der Waals surface area contributed by atoms with Gasteiger partial charge in [-0.25, -0.2) is 9.97 Å². The number of benzene rings is 1. The van der Waals surface area contributed by atoms with Gasteiger partial charge in [-0.2, -0.15) is 0 Å². The number of halogens is 1. The van der Waals surface area contributed by atoms with Crippen LogP contribution in [0.3, 0.4) is 0 Å². The number of aromatic nitrogens is 2. The lowest BCUT2D eigenvalue weighted by Crippen LogP contribution is -2.42. The molecule has 0 atom stereocenters. The Morgan fingerprint density at radius 1 is 1.25 bits per heavy atom. The minimum atomic E-state index is 0.437. The van der Waals surface area contributed by atoms with Crippen LogP contribution in [0.15, 0.2) is 30.6 Å². The van der Waals surface area contributed by atoms with Crippen LogP contribution in [0.25, 0.3) is 0 Å². The molecular weight excluding hydrogens is 324 g/mol. The number of nitrogens with two attached hydrogens (primary N) is 1. The van der Waals surface area contributed by atoms with Crippen molar-refractivity contribution < 1.29 is 0 Å². The maximum Gasteiger partial charge on any atom is 0.159 e. The number of rotatable bonds is 4. The topological polar surface area (TPSA) is 70.3 Å². The van der Waals surface area contributed by atoms with Crippen LogP contribution < -0.4 is 16.0 Å². The summed E-state index contributed by atoms with van der Waals surface area (Å²) in [6.07, 6.45) is 3.74. The molecule has 3 N–H and O–H groups in total. The molecule has 1 saturated heterocycles. The molecule has 1 aliphatic rings. The molecule has 0 unspecified atom stereocenters. The van der Waals surface area contributed by atoms with Crippen LogP contribution in [0.4, 0.5) is 23.0 Å². The highest BCUT2D eigenvalue weighted by molar-refractivity contribution is 6.33. The molecule has 1 aromatic heterocycles. The van der Waals surface area contributed by atoms with E-state index in [1.54, 1.807) is 0 Å². The lowest BCUT2D eigenvalue weighted by atomic mass is 10.0. The molecule has 0 bridgehead atoms. The molecular formula is C17H23ClN6. The van der Waals surface area contributed by atoms with Crippen LogP contribution in [0.5, 0.6) is 0 Å². The monoisotopic (exact) mass is 346 g/mol.